The van der Waals surface area contributed by atoms with E-state index in [1.807, 2.05) is 12.1 Å². The second-order valence-electron chi connectivity index (χ2n) is 5.30. The van der Waals surface area contributed by atoms with E-state index in [-0.39, 0.29) is 4.90 Å². The Kier molecular flexibility index (Phi) is 5.15. The molecular weight excluding hydrogens is 276 g/mol. The summed E-state index contributed by atoms with van der Waals surface area (Å²) in [5, 5.41) is 8.59. The Morgan fingerprint density at radius 3 is 2.65 bits per heavy atom. The van der Waals surface area contributed by atoms with Gasteiger partial charge in [0.2, 0.25) is 10.0 Å². The van der Waals surface area contributed by atoms with Crippen LogP contribution in [0.15, 0.2) is 29.2 Å². The van der Waals surface area contributed by atoms with Crippen molar-refractivity contribution in [2.75, 3.05) is 13.2 Å². The van der Waals surface area contributed by atoms with Crippen LogP contribution in [0.5, 0.6) is 0 Å². The predicted molar refractivity (Wildman–Crippen MR) is 78.0 cm³/mol. The van der Waals surface area contributed by atoms with Crippen LogP contribution in [0.3, 0.4) is 0 Å². The maximum atomic E-state index is 11.1. The van der Waals surface area contributed by atoms with E-state index in [0.29, 0.717) is 12.1 Å². The third-order valence-electron chi connectivity index (χ3n) is 3.58. The molecule has 2 unspecified atom stereocenters. The fourth-order valence-electron chi connectivity index (χ4n) is 2.45. The number of hydrogen-bond acceptors (Lipinski definition) is 4. The summed E-state index contributed by atoms with van der Waals surface area (Å²) in [7, 11) is -3.59. The number of nitrogens with two attached hydrogens (primary N) is 1. The number of ether oxygens (including phenoxy) is 1. The van der Waals surface area contributed by atoms with Gasteiger partial charge in [0, 0.05) is 12.6 Å². The minimum atomic E-state index is -3.59. The Morgan fingerprint density at radius 1 is 1.35 bits per heavy atom. The Hall–Kier alpha value is -0.950. The lowest BCUT2D eigenvalue weighted by molar-refractivity contribution is 0.0135. The summed E-state index contributed by atoms with van der Waals surface area (Å²) in [5.74, 6) is 0. The standard InChI is InChI=1S/C14H22N2O3S/c1-11-10-13(7-9-19-11)16-8-6-12-2-4-14(5-3-12)20(15,17)18/h2-5,11,13,16H,6-10H2,1H3,(H2,15,17,18). The molecule has 1 aliphatic rings. The van der Waals surface area contributed by atoms with Gasteiger partial charge in [-0.2, -0.15) is 0 Å². The van der Waals surface area contributed by atoms with Crippen LogP contribution in [0.1, 0.15) is 25.3 Å². The highest BCUT2D eigenvalue weighted by Gasteiger charge is 2.18. The van der Waals surface area contributed by atoms with Crippen molar-refractivity contribution in [2.45, 2.75) is 43.2 Å². The predicted octanol–water partition coefficient (Wildman–Crippen LogP) is 1.03. The van der Waals surface area contributed by atoms with E-state index in [1.54, 1.807) is 12.1 Å². The van der Waals surface area contributed by atoms with Crippen LogP contribution >= 0.6 is 0 Å². The summed E-state index contributed by atoms with van der Waals surface area (Å²) in [4.78, 5) is 0.160. The van der Waals surface area contributed by atoms with E-state index in [0.717, 1.165) is 38.0 Å². The number of benzene rings is 1. The zero-order valence-corrected chi connectivity index (χ0v) is 12.5. The first kappa shape index (κ1) is 15.4. The van der Waals surface area contributed by atoms with E-state index in [2.05, 4.69) is 12.2 Å². The third-order valence-corrected chi connectivity index (χ3v) is 4.51. The van der Waals surface area contributed by atoms with Gasteiger partial charge >= 0.3 is 0 Å². The average molecular weight is 298 g/mol. The minimum absolute atomic E-state index is 0.160. The van der Waals surface area contributed by atoms with Crippen molar-refractivity contribution in [3.05, 3.63) is 29.8 Å². The molecule has 6 heteroatoms. The lowest BCUT2D eigenvalue weighted by Crippen LogP contribution is -2.38. The van der Waals surface area contributed by atoms with E-state index in [9.17, 15) is 8.42 Å². The molecule has 112 valence electrons. The maximum absolute atomic E-state index is 11.1. The van der Waals surface area contributed by atoms with Gasteiger partial charge < -0.3 is 10.1 Å². The molecule has 0 spiro atoms. The van der Waals surface area contributed by atoms with Crippen molar-refractivity contribution >= 4 is 10.0 Å². The molecule has 0 aromatic heterocycles. The van der Waals surface area contributed by atoms with Gasteiger partial charge in [-0.05, 0) is 50.4 Å². The van der Waals surface area contributed by atoms with Crippen LogP contribution < -0.4 is 10.5 Å². The zero-order valence-electron chi connectivity index (χ0n) is 11.7. The summed E-state index contributed by atoms with van der Waals surface area (Å²) < 4.78 is 27.8. The average Bonchev–Trinajstić information content (AvgIpc) is 2.38. The van der Waals surface area contributed by atoms with Crippen molar-refractivity contribution in [2.24, 2.45) is 5.14 Å². The smallest absolute Gasteiger partial charge is 0.238 e. The van der Waals surface area contributed by atoms with Gasteiger partial charge in [0.25, 0.3) is 0 Å². The first-order valence-electron chi connectivity index (χ1n) is 6.92. The second kappa shape index (κ2) is 6.67. The van der Waals surface area contributed by atoms with Gasteiger partial charge in [-0.3, -0.25) is 0 Å². The normalized spacial score (nSPS) is 23.7. The van der Waals surface area contributed by atoms with Gasteiger partial charge in [-0.1, -0.05) is 12.1 Å². The molecule has 2 rings (SSSR count). The van der Waals surface area contributed by atoms with E-state index in [1.165, 1.54) is 0 Å². The monoisotopic (exact) mass is 298 g/mol. The summed E-state index contributed by atoms with van der Waals surface area (Å²) >= 11 is 0. The molecule has 1 heterocycles. The van der Waals surface area contributed by atoms with Crippen LogP contribution in [-0.2, 0) is 21.2 Å². The van der Waals surface area contributed by atoms with Crippen LogP contribution in [0, 0.1) is 0 Å². The van der Waals surface area contributed by atoms with Crippen LogP contribution in [0.2, 0.25) is 0 Å². The SMILES string of the molecule is CC1CC(NCCc2ccc(S(N)(=O)=O)cc2)CCO1. The number of primary sulfonamides is 1. The fourth-order valence-corrected chi connectivity index (χ4v) is 2.97. The van der Waals surface area contributed by atoms with Gasteiger partial charge in [-0.15, -0.1) is 0 Å². The van der Waals surface area contributed by atoms with E-state index in [4.69, 9.17) is 9.88 Å². The maximum Gasteiger partial charge on any atom is 0.238 e. The van der Waals surface area contributed by atoms with Crippen LogP contribution in [-0.4, -0.2) is 33.7 Å². The number of nitrogens with one attached hydrogen (secondary N) is 1. The van der Waals surface area contributed by atoms with Crippen molar-refractivity contribution in [3.63, 3.8) is 0 Å². The summed E-state index contributed by atoms with van der Waals surface area (Å²) in [6.45, 7) is 3.80. The molecule has 5 nitrogen and oxygen atoms in total. The molecular formula is C14H22N2O3S. The summed E-state index contributed by atoms with van der Waals surface area (Å²) in [6, 6.07) is 7.26. The lowest BCUT2D eigenvalue weighted by Gasteiger charge is -2.28. The van der Waals surface area contributed by atoms with Crippen molar-refractivity contribution in [1.82, 2.24) is 5.32 Å². The highest BCUT2D eigenvalue weighted by Crippen LogP contribution is 2.13. The summed E-state index contributed by atoms with van der Waals surface area (Å²) in [5.41, 5.74) is 1.10. The Bertz CT molecular complexity index is 528. The fraction of sp³-hybridized carbons (Fsp3) is 0.571. The molecule has 0 radical (unpaired) electrons. The highest BCUT2D eigenvalue weighted by atomic mass is 32.2. The molecule has 1 fully saturated rings. The first-order valence-corrected chi connectivity index (χ1v) is 8.46. The largest absolute Gasteiger partial charge is 0.378 e. The molecule has 0 saturated carbocycles. The molecule has 3 N–H and O–H groups in total. The molecule has 0 aliphatic carbocycles. The first-order chi connectivity index (χ1) is 9.45. The molecule has 0 bridgehead atoms. The van der Waals surface area contributed by atoms with Crippen molar-refractivity contribution < 1.29 is 13.2 Å². The Balaban J connectivity index is 1.79. The lowest BCUT2D eigenvalue weighted by atomic mass is 10.0. The molecule has 1 saturated heterocycles. The number of hydrogen-bond donors (Lipinski definition) is 2. The second-order valence-corrected chi connectivity index (χ2v) is 6.86. The van der Waals surface area contributed by atoms with Gasteiger partial charge in [-0.25, -0.2) is 13.6 Å². The third kappa shape index (κ3) is 4.56. The van der Waals surface area contributed by atoms with Crippen molar-refractivity contribution in [3.8, 4) is 0 Å². The molecule has 0 amide bonds. The van der Waals surface area contributed by atoms with Crippen LogP contribution in [0.25, 0.3) is 0 Å². The number of sulfonamides is 1. The Labute approximate surface area is 120 Å². The van der Waals surface area contributed by atoms with Gasteiger partial charge in [0.1, 0.15) is 0 Å². The summed E-state index contributed by atoms with van der Waals surface area (Å²) in [6.07, 6.45) is 3.30. The molecule has 1 aromatic carbocycles. The van der Waals surface area contributed by atoms with Gasteiger partial charge in [0.15, 0.2) is 0 Å². The zero-order chi connectivity index (χ0) is 14.6. The van der Waals surface area contributed by atoms with E-state index >= 15 is 0 Å². The quantitative estimate of drug-likeness (QED) is 0.851. The molecule has 1 aliphatic heterocycles. The van der Waals surface area contributed by atoms with E-state index < -0.39 is 10.0 Å². The number of rotatable bonds is 5. The topological polar surface area (TPSA) is 81.4 Å². The van der Waals surface area contributed by atoms with Gasteiger partial charge in [0.05, 0.1) is 11.0 Å². The van der Waals surface area contributed by atoms with Crippen LogP contribution in [0.4, 0.5) is 0 Å². The Morgan fingerprint density at radius 2 is 2.05 bits per heavy atom. The molecule has 2 atom stereocenters. The molecule has 20 heavy (non-hydrogen) atoms. The minimum Gasteiger partial charge on any atom is -0.378 e. The molecule has 1 aromatic rings. The van der Waals surface area contributed by atoms with Crippen molar-refractivity contribution in [1.29, 1.82) is 0 Å². The highest BCUT2D eigenvalue weighted by molar-refractivity contribution is 7.89.